The first-order valence-corrected chi connectivity index (χ1v) is 7.36. The van der Waals surface area contributed by atoms with Crippen LogP contribution < -0.4 is 10.1 Å². The third-order valence-electron chi connectivity index (χ3n) is 3.04. The number of ether oxygens (including phenoxy) is 1. The fraction of sp³-hybridized carbons (Fsp3) is 0.133. The fourth-order valence-electron chi connectivity index (χ4n) is 2.10. The summed E-state index contributed by atoms with van der Waals surface area (Å²) in [6, 6.07) is 12.3. The van der Waals surface area contributed by atoms with Crippen molar-refractivity contribution in [2.45, 2.75) is 6.54 Å². The number of aromatic nitrogens is 1. The SMILES string of the molecule is COc1cc(NCc2cnc(Cl)s2)cc2ccccc12. The van der Waals surface area contributed by atoms with Gasteiger partial charge >= 0.3 is 0 Å². The first-order valence-electron chi connectivity index (χ1n) is 6.17. The van der Waals surface area contributed by atoms with E-state index in [2.05, 4.69) is 28.5 Å². The lowest BCUT2D eigenvalue weighted by atomic mass is 10.1. The smallest absolute Gasteiger partial charge is 0.183 e. The number of benzene rings is 2. The molecule has 0 saturated heterocycles. The second kappa shape index (κ2) is 5.69. The maximum Gasteiger partial charge on any atom is 0.183 e. The van der Waals surface area contributed by atoms with Gasteiger partial charge in [-0.05, 0) is 11.5 Å². The molecule has 102 valence electrons. The fourth-order valence-corrected chi connectivity index (χ4v) is 3.02. The standard InChI is InChI=1S/C15H13ClN2OS/c1-19-14-7-11(6-10-4-2-3-5-13(10)14)17-8-12-9-18-15(16)20-12/h2-7,9,17H,8H2,1H3. The molecule has 5 heteroatoms. The first kappa shape index (κ1) is 13.2. The average molecular weight is 305 g/mol. The van der Waals surface area contributed by atoms with E-state index in [4.69, 9.17) is 16.3 Å². The summed E-state index contributed by atoms with van der Waals surface area (Å²) < 4.78 is 6.02. The zero-order valence-corrected chi connectivity index (χ0v) is 12.5. The van der Waals surface area contributed by atoms with Crippen LogP contribution in [0.15, 0.2) is 42.6 Å². The molecule has 0 fully saturated rings. The summed E-state index contributed by atoms with van der Waals surface area (Å²) in [4.78, 5) is 5.13. The highest BCUT2D eigenvalue weighted by Gasteiger charge is 2.05. The Morgan fingerprint density at radius 1 is 1.30 bits per heavy atom. The highest BCUT2D eigenvalue weighted by molar-refractivity contribution is 7.15. The maximum atomic E-state index is 5.83. The highest BCUT2D eigenvalue weighted by atomic mass is 35.5. The van der Waals surface area contributed by atoms with Gasteiger partial charge in [0.15, 0.2) is 4.47 Å². The number of thiazole rings is 1. The third-order valence-corrected chi connectivity index (χ3v) is 4.15. The predicted molar refractivity (Wildman–Crippen MR) is 85.0 cm³/mol. The van der Waals surface area contributed by atoms with Gasteiger partial charge in [-0.15, -0.1) is 11.3 Å². The van der Waals surface area contributed by atoms with Gasteiger partial charge in [-0.1, -0.05) is 35.9 Å². The molecule has 20 heavy (non-hydrogen) atoms. The Kier molecular flexibility index (Phi) is 3.76. The molecule has 0 spiro atoms. The van der Waals surface area contributed by atoms with Crippen molar-refractivity contribution in [1.82, 2.24) is 4.98 Å². The Balaban J connectivity index is 1.88. The number of hydrogen-bond donors (Lipinski definition) is 1. The van der Waals surface area contributed by atoms with Crippen molar-refractivity contribution >= 4 is 39.4 Å². The Labute approximate surface area is 126 Å². The molecule has 2 aromatic carbocycles. The lowest BCUT2D eigenvalue weighted by Crippen LogP contribution is -1.98. The van der Waals surface area contributed by atoms with Crippen LogP contribution in [0.2, 0.25) is 4.47 Å². The molecule has 1 N–H and O–H groups in total. The molecule has 0 atom stereocenters. The van der Waals surface area contributed by atoms with Gasteiger partial charge in [-0.3, -0.25) is 0 Å². The van der Waals surface area contributed by atoms with Crippen molar-refractivity contribution in [3.8, 4) is 5.75 Å². The van der Waals surface area contributed by atoms with Crippen LogP contribution in [-0.2, 0) is 6.54 Å². The van der Waals surface area contributed by atoms with Gasteiger partial charge in [0.1, 0.15) is 5.75 Å². The highest BCUT2D eigenvalue weighted by Crippen LogP contribution is 2.30. The van der Waals surface area contributed by atoms with Crippen molar-refractivity contribution < 1.29 is 4.74 Å². The summed E-state index contributed by atoms with van der Waals surface area (Å²) in [5.41, 5.74) is 1.02. The number of rotatable bonds is 4. The van der Waals surface area contributed by atoms with E-state index in [9.17, 15) is 0 Å². The van der Waals surface area contributed by atoms with Crippen LogP contribution >= 0.6 is 22.9 Å². The van der Waals surface area contributed by atoms with E-state index < -0.39 is 0 Å². The molecule has 0 radical (unpaired) electrons. The molecule has 0 aliphatic heterocycles. The Bertz CT molecular complexity index is 742. The van der Waals surface area contributed by atoms with Crippen LogP contribution in [0, 0.1) is 0 Å². The minimum atomic E-state index is 0.567. The molecule has 0 unspecified atom stereocenters. The summed E-state index contributed by atoms with van der Waals surface area (Å²) in [7, 11) is 1.69. The van der Waals surface area contributed by atoms with E-state index in [1.807, 2.05) is 18.2 Å². The lowest BCUT2D eigenvalue weighted by molar-refractivity contribution is 0.420. The van der Waals surface area contributed by atoms with Crippen molar-refractivity contribution in [2.24, 2.45) is 0 Å². The van der Waals surface area contributed by atoms with E-state index in [0.29, 0.717) is 11.0 Å². The molecule has 0 aliphatic carbocycles. The maximum absolute atomic E-state index is 5.83. The van der Waals surface area contributed by atoms with Crippen LogP contribution in [0.5, 0.6) is 5.75 Å². The number of nitrogens with zero attached hydrogens (tertiary/aromatic N) is 1. The molecular formula is C15H13ClN2OS. The number of fused-ring (bicyclic) bond motifs is 1. The summed E-state index contributed by atoms with van der Waals surface area (Å²) >= 11 is 7.31. The quantitative estimate of drug-likeness (QED) is 0.766. The third kappa shape index (κ3) is 2.71. The summed E-state index contributed by atoms with van der Waals surface area (Å²) in [6.45, 7) is 0.700. The summed E-state index contributed by atoms with van der Waals surface area (Å²) in [5.74, 6) is 0.868. The van der Waals surface area contributed by atoms with E-state index in [1.54, 1.807) is 13.3 Å². The van der Waals surface area contributed by atoms with Gasteiger partial charge in [-0.25, -0.2) is 4.98 Å². The van der Waals surface area contributed by atoms with E-state index in [-0.39, 0.29) is 0 Å². The molecule has 0 aliphatic rings. The summed E-state index contributed by atoms with van der Waals surface area (Å²) in [5, 5.41) is 5.64. The monoisotopic (exact) mass is 304 g/mol. The Morgan fingerprint density at radius 3 is 2.90 bits per heavy atom. The van der Waals surface area contributed by atoms with Gasteiger partial charge in [0.2, 0.25) is 0 Å². The van der Waals surface area contributed by atoms with Crippen molar-refractivity contribution in [3.63, 3.8) is 0 Å². The van der Waals surface area contributed by atoms with Crippen molar-refractivity contribution in [3.05, 3.63) is 51.9 Å². The molecule has 0 saturated carbocycles. The number of methoxy groups -OCH3 is 1. The molecule has 3 rings (SSSR count). The second-order valence-electron chi connectivity index (χ2n) is 4.33. The number of halogens is 1. The van der Waals surface area contributed by atoms with Crippen LogP contribution in [0.4, 0.5) is 5.69 Å². The molecule has 3 aromatic rings. The molecule has 3 nitrogen and oxygen atoms in total. The molecule has 0 amide bonds. The first-order chi connectivity index (χ1) is 9.76. The zero-order valence-electron chi connectivity index (χ0n) is 10.9. The van der Waals surface area contributed by atoms with Crippen LogP contribution in [0.1, 0.15) is 4.88 Å². The second-order valence-corrected chi connectivity index (χ2v) is 6.03. The minimum absolute atomic E-state index is 0.567. The normalized spacial score (nSPS) is 10.7. The largest absolute Gasteiger partial charge is 0.496 e. The molecular weight excluding hydrogens is 292 g/mol. The van der Waals surface area contributed by atoms with E-state index in [0.717, 1.165) is 27.1 Å². The van der Waals surface area contributed by atoms with Gasteiger partial charge in [-0.2, -0.15) is 0 Å². The lowest BCUT2D eigenvalue weighted by Gasteiger charge is -2.10. The van der Waals surface area contributed by atoms with Crippen molar-refractivity contribution in [2.75, 3.05) is 12.4 Å². The van der Waals surface area contributed by atoms with Gasteiger partial charge in [0, 0.05) is 28.2 Å². The minimum Gasteiger partial charge on any atom is -0.496 e. The summed E-state index contributed by atoms with van der Waals surface area (Å²) in [6.07, 6.45) is 1.79. The number of nitrogens with one attached hydrogen (secondary N) is 1. The van der Waals surface area contributed by atoms with E-state index >= 15 is 0 Å². The van der Waals surface area contributed by atoms with Gasteiger partial charge in [0.05, 0.1) is 13.7 Å². The van der Waals surface area contributed by atoms with Crippen LogP contribution in [0.3, 0.4) is 0 Å². The Morgan fingerprint density at radius 2 is 2.15 bits per heavy atom. The van der Waals surface area contributed by atoms with E-state index in [1.165, 1.54) is 11.3 Å². The number of hydrogen-bond acceptors (Lipinski definition) is 4. The average Bonchev–Trinajstić information content (AvgIpc) is 2.90. The van der Waals surface area contributed by atoms with Crippen molar-refractivity contribution in [1.29, 1.82) is 0 Å². The van der Waals surface area contributed by atoms with Crippen LogP contribution in [0.25, 0.3) is 10.8 Å². The molecule has 1 aromatic heterocycles. The molecule has 1 heterocycles. The topological polar surface area (TPSA) is 34.1 Å². The predicted octanol–water partition coefficient (Wildman–Crippen LogP) is 4.57. The zero-order chi connectivity index (χ0) is 13.9. The Hall–Kier alpha value is -1.78. The number of anilines is 1. The van der Waals surface area contributed by atoms with Crippen LogP contribution in [-0.4, -0.2) is 12.1 Å². The van der Waals surface area contributed by atoms with Gasteiger partial charge < -0.3 is 10.1 Å². The molecule has 0 bridgehead atoms. The van der Waals surface area contributed by atoms with Gasteiger partial charge in [0.25, 0.3) is 0 Å².